The van der Waals surface area contributed by atoms with Gasteiger partial charge in [-0.25, -0.2) is 0 Å². The Morgan fingerprint density at radius 3 is 0.990 bits per heavy atom. The molecular formula is C86H96O16Si. The van der Waals surface area contributed by atoms with Crippen LogP contribution < -0.4 is 10.4 Å². The van der Waals surface area contributed by atoms with Gasteiger partial charge in [-0.1, -0.05) is 300 Å². The Morgan fingerprint density at radius 2 is 0.641 bits per heavy atom. The van der Waals surface area contributed by atoms with Crippen molar-refractivity contribution in [2.24, 2.45) is 0 Å². The summed E-state index contributed by atoms with van der Waals surface area (Å²) in [6, 6.07) is 89.9. The smallest absolute Gasteiger partial charge is 0.261 e. The molecule has 3 aliphatic heterocycles. The predicted molar refractivity (Wildman–Crippen MR) is 395 cm³/mol. The Bertz CT molecular complexity index is 3820. The van der Waals surface area contributed by atoms with Gasteiger partial charge in [0.2, 0.25) is 0 Å². The van der Waals surface area contributed by atoms with Crippen LogP contribution in [0.2, 0.25) is 5.04 Å². The second-order valence-electron chi connectivity index (χ2n) is 27.2. The van der Waals surface area contributed by atoms with E-state index in [9.17, 15) is 10.2 Å². The van der Waals surface area contributed by atoms with E-state index in [0.29, 0.717) is 0 Å². The molecule has 0 radical (unpaired) electrons. The molecule has 1 unspecified atom stereocenters. The summed E-state index contributed by atoms with van der Waals surface area (Å²) in [6.07, 6.45) is -15.4. The Labute approximate surface area is 607 Å². The normalized spacial score (nSPS) is 25.2. The molecule has 0 aliphatic carbocycles. The minimum absolute atomic E-state index is 0.0250. The van der Waals surface area contributed by atoms with Crippen LogP contribution in [0.25, 0.3) is 0 Å². The summed E-state index contributed by atoms with van der Waals surface area (Å²) in [5.41, 5.74) is 6.17. The summed E-state index contributed by atoms with van der Waals surface area (Å²) >= 11 is 0. The van der Waals surface area contributed by atoms with E-state index >= 15 is 0 Å². The maximum absolute atomic E-state index is 12.3. The summed E-state index contributed by atoms with van der Waals surface area (Å²) in [5.74, 6) is 0. The van der Waals surface area contributed by atoms with E-state index in [1.54, 1.807) is 6.08 Å². The molecule has 0 bridgehead atoms. The average molecular weight is 1410 g/mol. The molecule has 16 nitrogen and oxygen atoms in total. The number of benzene rings is 9. The van der Waals surface area contributed by atoms with Crippen molar-refractivity contribution in [3.63, 3.8) is 0 Å². The van der Waals surface area contributed by atoms with Crippen molar-refractivity contribution >= 4 is 18.7 Å². The molecule has 103 heavy (non-hydrogen) atoms. The number of hydrogen-bond acceptors (Lipinski definition) is 16. The van der Waals surface area contributed by atoms with Gasteiger partial charge >= 0.3 is 0 Å². The molecule has 0 amide bonds. The van der Waals surface area contributed by atoms with Crippen LogP contribution in [0.4, 0.5) is 0 Å². The van der Waals surface area contributed by atoms with Crippen LogP contribution in [-0.4, -0.2) is 137 Å². The third-order valence-corrected chi connectivity index (χ3v) is 23.9. The molecule has 0 spiro atoms. The van der Waals surface area contributed by atoms with Gasteiger partial charge < -0.3 is 76.2 Å². The van der Waals surface area contributed by atoms with Gasteiger partial charge in [0.05, 0.1) is 72.7 Å². The average Bonchev–Trinajstić information content (AvgIpc) is 0.761. The second kappa shape index (κ2) is 37.8. The maximum atomic E-state index is 12.3. The molecule has 9 aromatic carbocycles. The first-order valence-electron chi connectivity index (χ1n) is 35.6. The number of aliphatic hydroxyl groups excluding tert-OH is 2. The first-order valence-corrected chi connectivity index (χ1v) is 37.5. The summed E-state index contributed by atoms with van der Waals surface area (Å²) in [4.78, 5) is 0. The van der Waals surface area contributed by atoms with E-state index in [2.05, 4.69) is 75.9 Å². The molecule has 2 N–H and O–H groups in total. The highest BCUT2D eigenvalue weighted by Gasteiger charge is 2.58. The summed E-state index contributed by atoms with van der Waals surface area (Å²) in [6.45, 7) is 11.0. The van der Waals surface area contributed by atoms with Gasteiger partial charge in [0.25, 0.3) is 8.32 Å². The van der Waals surface area contributed by atoms with Crippen molar-refractivity contribution in [2.45, 2.75) is 164 Å². The SMILES string of the molecule is C=CCOC1O[C@H](CO[Si](c2ccccc2)(c2ccccc2)C(C)(C)C)[C@@H](O[C@H]2O[C@H](COCc3ccccc3)[C@@H](O[C@H]3O[C@H](CO)[C@@H](O)[C@H](OCc4ccccc4)[C@H]3OCc3ccccc3)[C@H](OCc3ccccc3)[C@H]2OCc2ccccc2)[C@H](OCc2ccccc2)[C@H]1OCc1ccccc1. The number of ether oxygens (including phenoxy) is 13. The van der Waals surface area contributed by atoms with Crippen LogP contribution >= 0.6 is 0 Å². The van der Waals surface area contributed by atoms with Crippen LogP contribution in [0.3, 0.4) is 0 Å². The van der Waals surface area contributed by atoms with E-state index < -0.39 is 112 Å². The fourth-order valence-corrected chi connectivity index (χ4v) is 18.3. The Hall–Kier alpha value is -7.70. The van der Waals surface area contributed by atoms with E-state index in [1.807, 2.05) is 224 Å². The zero-order valence-corrected chi connectivity index (χ0v) is 59.8. The van der Waals surface area contributed by atoms with E-state index in [-0.39, 0.29) is 66.1 Å². The van der Waals surface area contributed by atoms with E-state index in [4.69, 9.17) is 66.0 Å². The highest BCUT2D eigenvalue weighted by atomic mass is 28.4. The lowest BCUT2D eigenvalue weighted by Gasteiger charge is -2.52. The fourth-order valence-electron chi connectivity index (χ4n) is 13.8. The van der Waals surface area contributed by atoms with Crippen molar-refractivity contribution in [2.75, 3.05) is 26.4 Å². The Balaban J connectivity index is 1.01. The molecule has 0 saturated carbocycles. The van der Waals surface area contributed by atoms with E-state index in [1.165, 1.54) is 0 Å². The number of rotatable bonds is 35. The zero-order chi connectivity index (χ0) is 71.1. The molecular weight excluding hydrogens is 1320 g/mol. The fraction of sp³-hybridized carbons (Fsp3) is 0.349. The predicted octanol–water partition coefficient (Wildman–Crippen LogP) is 12.8. The molecule has 17 heteroatoms. The van der Waals surface area contributed by atoms with Crippen molar-refractivity contribution in [3.05, 3.63) is 325 Å². The van der Waals surface area contributed by atoms with Gasteiger partial charge in [-0.2, -0.15) is 0 Å². The van der Waals surface area contributed by atoms with Crippen molar-refractivity contribution in [3.8, 4) is 0 Å². The highest BCUT2D eigenvalue weighted by Crippen LogP contribution is 2.42. The second-order valence-corrected chi connectivity index (χ2v) is 31.5. The summed E-state index contributed by atoms with van der Waals surface area (Å²) in [5, 5.41) is 25.2. The summed E-state index contributed by atoms with van der Waals surface area (Å²) < 4.78 is 102. The first kappa shape index (κ1) is 75.0. The van der Waals surface area contributed by atoms with Gasteiger partial charge in [0, 0.05) is 0 Å². The molecule has 540 valence electrons. The van der Waals surface area contributed by atoms with Crippen LogP contribution in [0.15, 0.2) is 286 Å². The van der Waals surface area contributed by atoms with Gasteiger partial charge in [-0.3, -0.25) is 0 Å². The standard InChI is InChI=1S/C86H96O16Si/c1-5-51-90-83-81(95-58-67-43-25-11-26-44-67)78(92-55-64-37-19-8-20-38-64)76(73(99-83)61-97-103(86(2,3)4,69-47-29-13-30-48-69)70-49-31-14-32-50-70)102-85-82(96-59-68-45-27-12-28-46-68)79(93-56-65-39-21-9-22-40-65)75(72(100-85)60-89-53-62-33-15-6-16-34-62)101-84-80(94-57-66-41-23-10-24-42-66)77(74(88)71(52-87)98-84)91-54-63-35-17-7-18-36-63/h5-50,71-85,87-88H,1,51-61H2,2-4H3/t71-,72-,73-,74-,75-,76-,77+,78+,79+,80-,81-,82-,83?,84-,85-/m1/s1. The highest BCUT2D eigenvalue weighted by molar-refractivity contribution is 6.99. The zero-order valence-electron chi connectivity index (χ0n) is 58.8. The molecule has 3 heterocycles. The minimum Gasteiger partial charge on any atom is -0.405 e. The van der Waals surface area contributed by atoms with Crippen LogP contribution in [0.1, 0.15) is 59.7 Å². The van der Waals surface area contributed by atoms with Crippen molar-refractivity contribution in [1.29, 1.82) is 0 Å². The molecule has 0 aromatic heterocycles. The molecule has 3 aliphatic rings. The van der Waals surface area contributed by atoms with E-state index in [0.717, 1.165) is 49.3 Å². The first-order chi connectivity index (χ1) is 50.5. The lowest BCUT2D eigenvalue weighted by molar-refractivity contribution is -0.393. The van der Waals surface area contributed by atoms with Gasteiger partial charge in [-0.15, -0.1) is 6.58 Å². The largest absolute Gasteiger partial charge is 0.405 e. The molecule has 15 atom stereocenters. The quantitative estimate of drug-likeness (QED) is 0.0284. The Kier molecular flexibility index (Phi) is 27.5. The molecule has 3 fully saturated rings. The monoisotopic (exact) mass is 1410 g/mol. The number of hydrogen-bond donors (Lipinski definition) is 2. The maximum Gasteiger partial charge on any atom is 0.261 e. The topological polar surface area (TPSA) is 170 Å². The van der Waals surface area contributed by atoms with Crippen LogP contribution in [0, 0.1) is 0 Å². The molecule has 3 saturated heterocycles. The van der Waals surface area contributed by atoms with Crippen LogP contribution in [0.5, 0.6) is 0 Å². The Morgan fingerprint density at radius 1 is 0.350 bits per heavy atom. The molecule has 12 rings (SSSR count). The lowest BCUT2D eigenvalue weighted by Crippen LogP contribution is -2.70. The number of aliphatic hydroxyl groups is 2. The van der Waals surface area contributed by atoms with Gasteiger partial charge in [0.15, 0.2) is 18.9 Å². The van der Waals surface area contributed by atoms with Gasteiger partial charge in [-0.05, 0) is 54.4 Å². The summed E-state index contributed by atoms with van der Waals surface area (Å²) in [7, 11) is -3.34. The van der Waals surface area contributed by atoms with Gasteiger partial charge in [0.1, 0.15) is 73.2 Å². The van der Waals surface area contributed by atoms with Crippen molar-refractivity contribution in [1.82, 2.24) is 0 Å². The van der Waals surface area contributed by atoms with Crippen LogP contribution in [-0.2, 0) is 112 Å². The third-order valence-electron chi connectivity index (χ3n) is 18.9. The molecule has 9 aromatic rings. The lowest BCUT2D eigenvalue weighted by atomic mass is 9.95. The minimum atomic E-state index is -3.34. The van der Waals surface area contributed by atoms with Crippen molar-refractivity contribution < 1.29 is 76.2 Å². The third kappa shape index (κ3) is 19.8.